The molecule has 1 rings (SSSR count). The highest BCUT2D eigenvalue weighted by atomic mass is 19.3. The number of hydrogen-bond donors (Lipinski definition) is 1. The van der Waals surface area contributed by atoms with Gasteiger partial charge in [0.25, 0.3) is 0 Å². The summed E-state index contributed by atoms with van der Waals surface area (Å²) in [6.45, 7) is 0. The Balaban J connectivity index is 2.86. The molecule has 0 aliphatic heterocycles. The van der Waals surface area contributed by atoms with E-state index in [2.05, 4.69) is 4.74 Å². The van der Waals surface area contributed by atoms with E-state index in [4.69, 9.17) is 5.11 Å². The molecule has 0 radical (unpaired) electrons. The summed E-state index contributed by atoms with van der Waals surface area (Å²) >= 11 is 0. The number of rotatable bonds is 5. The second-order valence-corrected chi connectivity index (χ2v) is 3.59. The summed E-state index contributed by atoms with van der Waals surface area (Å²) in [4.78, 5) is 10.2. The third kappa shape index (κ3) is 3.12. The number of halogens is 4. The minimum atomic E-state index is -3.97. The maximum atomic E-state index is 13.4. The Hall–Kier alpha value is -1.79. The van der Waals surface area contributed by atoms with Gasteiger partial charge in [0.15, 0.2) is 11.6 Å². The largest absolute Gasteiger partial charge is 0.494 e. The van der Waals surface area contributed by atoms with Crippen molar-refractivity contribution in [1.29, 1.82) is 0 Å². The first-order valence-electron chi connectivity index (χ1n) is 4.91. The van der Waals surface area contributed by atoms with Crippen LogP contribution in [0.2, 0.25) is 0 Å². The topological polar surface area (TPSA) is 46.5 Å². The number of benzene rings is 1. The third-order valence-corrected chi connectivity index (χ3v) is 2.34. The van der Waals surface area contributed by atoms with Gasteiger partial charge in [-0.1, -0.05) is 0 Å². The fourth-order valence-electron chi connectivity index (χ4n) is 1.32. The number of carboxylic acids is 1. The second kappa shape index (κ2) is 5.24. The zero-order valence-corrected chi connectivity index (χ0v) is 9.34. The van der Waals surface area contributed by atoms with Gasteiger partial charge in [0, 0.05) is 12.5 Å². The average Bonchev–Trinajstić information content (AvgIpc) is 2.29. The average molecular weight is 266 g/mol. The summed E-state index contributed by atoms with van der Waals surface area (Å²) < 4.78 is 56.6. The lowest BCUT2D eigenvalue weighted by molar-refractivity contribution is -0.165. The lowest BCUT2D eigenvalue weighted by Crippen LogP contribution is -2.28. The molecule has 0 aromatic heterocycles. The van der Waals surface area contributed by atoms with E-state index in [1.54, 1.807) is 0 Å². The van der Waals surface area contributed by atoms with Crippen LogP contribution in [0.25, 0.3) is 0 Å². The summed E-state index contributed by atoms with van der Waals surface area (Å²) in [6.07, 6.45) is -1.70. The molecular weight excluding hydrogens is 256 g/mol. The molecule has 0 saturated carbocycles. The predicted octanol–water partition coefficient (Wildman–Crippen LogP) is 2.63. The summed E-state index contributed by atoms with van der Waals surface area (Å²) in [7, 11) is 1.14. The molecule has 18 heavy (non-hydrogen) atoms. The van der Waals surface area contributed by atoms with Gasteiger partial charge in [-0.15, -0.1) is 0 Å². The van der Waals surface area contributed by atoms with Gasteiger partial charge >= 0.3 is 11.9 Å². The van der Waals surface area contributed by atoms with Crippen molar-refractivity contribution in [2.24, 2.45) is 0 Å². The van der Waals surface area contributed by atoms with Crippen molar-refractivity contribution in [3.63, 3.8) is 0 Å². The van der Waals surface area contributed by atoms with Gasteiger partial charge in [-0.3, -0.25) is 0 Å². The maximum absolute atomic E-state index is 13.4. The molecule has 7 heteroatoms. The molecule has 1 aromatic carbocycles. The number of hydrogen-bond acceptors (Lipinski definition) is 2. The van der Waals surface area contributed by atoms with Crippen molar-refractivity contribution in [1.82, 2.24) is 0 Å². The fraction of sp³-hybridized carbons (Fsp3) is 0.364. The van der Waals surface area contributed by atoms with Gasteiger partial charge in [0.05, 0.1) is 7.11 Å². The molecule has 1 N–H and O–H groups in total. The molecule has 0 unspecified atom stereocenters. The quantitative estimate of drug-likeness (QED) is 0.833. The van der Waals surface area contributed by atoms with E-state index < -0.39 is 36.4 Å². The number of aryl methyl sites for hydroxylation is 1. The van der Waals surface area contributed by atoms with Crippen molar-refractivity contribution in [2.45, 2.75) is 18.8 Å². The molecule has 100 valence electrons. The van der Waals surface area contributed by atoms with Gasteiger partial charge in [-0.05, 0) is 18.1 Å². The first-order valence-corrected chi connectivity index (χ1v) is 4.91. The zero-order chi connectivity index (χ0) is 13.9. The number of carbonyl (C=O) groups is 1. The standard InChI is InChI=1S/C11H10F4O3/c1-18-9-5-7(12)6(4-8(9)13)2-3-11(14,15)10(16)17/h4-5H,2-3H2,1H3,(H,16,17). The van der Waals surface area contributed by atoms with Gasteiger partial charge in [0.1, 0.15) is 5.82 Å². The van der Waals surface area contributed by atoms with Crippen molar-refractivity contribution in [2.75, 3.05) is 7.11 Å². The molecule has 0 aliphatic carbocycles. The summed E-state index contributed by atoms with van der Waals surface area (Å²) in [6, 6.07) is 1.44. The predicted molar refractivity (Wildman–Crippen MR) is 53.8 cm³/mol. The second-order valence-electron chi connectivity index (χ2n) is 3.59. The molecule has 0 fully saturated rings. The minimum Gasteiger partial charge on any atom is -0.494 e. The van der Waals surface area contributed by atoms with Crippen molar-refractivity contribution >= 4 is 5.97 Å². The third-order valence-electron chi connectivity index (χ3n) is 2.34. The van der Waals surface area contributed by atoms with Crippen LogP contribution in [0.1, 0.15) is 12.0 Å². The van der Waals surface area contributed by atoms with Gasteiger partial charge < -0.3 is 9.84 Å². The minimum absolute atomic E-state index is 0.325. The summed E-state index contributed by atoms with van der Waals surface area (Å²) in [5.41, 5.74) is -0.325. The number of methoxy groups -OCH3 is 1. The van der Waals surface area contributed by atoms with Crippen LogP contribution < -0.4 is 4.74 Å². The smallest absolute Gasteiger partial charge is 0.374 e. The van der Waals surface area contributed by atoms with E-state index in [0.29, 0.717) is 6.07 Å². The molecule has 3 nitrogen and oxygen atoms in total. The van der Waals surface area contributed by atoms with Crippen molar-refractivity contribution in [3.05, 3.63) is 29.3 Å². The lowest BCUT2D eigenvalue weighted by Gasteiger charge is -2.12. The zero-order valence-electron chi connectivity index (χ0n) is 9.34. The van der Waals surface area contributed by atoms with E-state index in [0.717, 1.165) is 13.2 Å². The molecule has 0 bridgehead atoms. The fourth-order valence-corrected chi connectivity index (χ4v) is 1.32. The highest BCUT2D eigenvalue weighted by Gasteiger charge is 2.38. The van der Waals surface area contributed by atoms with Gasteiger partial charge in [0.2, 0.25) is 0 Å². The summed E-state index contributed by atoms with van der Waals surface area (Å²) in [5, 5.41) is 8.19. The molecule has 0 heterocycles. The Morgan fingerprint density at radius 3 is 2.44 bits per heavy atom. The molecule has 0 spiro atoms. The van der Waals surface area contributed by atoms with Crippen LogP contribution in [0.4, 0.5) is 17.6 Å². The van der Waals surface area contributed by atoms with E-state index in [-0.39, 0.29) is 11.3 Å². The normalized spacial score (nSPS) is 11.4. The van der Waals surface area contributed by atoms with E-state index in [1.165, 1.54) is 0 Å². The van der Waals surface area contributed by atoms with Crippen molar-refractivity contribution in [3.8, 4) is 5.75 Å². The van der Waals surface area contributed by atoms with Gasteiger partial charge in [-0.2, -0.15) is 8.78 Å². The molecule has 0 amide bonds. The van der Waals surface area contributed by atoms with E-state index in [1.807, 2.05) is 0 Å². The summed E-state index contributed by atoms with van der Waals surface area (Å²) in [5.74, 6) is -8.43. The van der Waals surface area contributed by atoms with Crippen molar-refractivity contribution < 1.29 is 32.2 Å². The van der Waals surface area contributed by atoms with Crippen LogP contribution in [0.15, 0.2) is 12.1 Å². The van der Waals surface area contributed by atoms with Crippen LogP contribution >= 0.6 is 0 Å². The van der Waals surface area contributed by atoms with Crippen LogP contribution in [-0.2, 0) is 11.2 Å². The van der Waals surface area contributed by atoms with Crippen LogP contribution in [0, 0.1) is 11.6 Å². The van der Waals surface area contributed by atoms with Crippen LogP contribution in [-0.4, -0.2) is 24.1 Å². The molecule has 0 aliphatic rings. The molecule has 0 saturated heterocycles. The Kier molecular flexibility index (Phi) is 4.15. The SMILES string of the molecule is COc1cc(F)c(CCC(F)(F)C(=O)O)cc1F. The maximum Gasteiger partial charge on any atom is 0.374 e. The Labute approximate surface area is 100.0 Å². The molecular formula is C11H10F4O3. The molecule has 0 atom stereocenters. The number of carboxylic acid groups (broad SMARTS) is 1. The highest BCUT2D eigenvalue weighted by Crippen LogP contribution is 2.26. The number of ether oxygens (including phenoxy) is 1. The first-order chi connectivity index (χ1) is 8.27. The first kappa shape index (κ1) is 14.3. The Morgan fingerprint density at radius 1 is 1.33 bits per heavy atom. The van der Waals surface area contributed by atoms with Crippen LogP contribution in [0.3, 0.4) is 0 Å². The lowest BCUT2D eigenvalue weighted by atomic mass is 10.1. The monoisotopic (exact) mass is 266 g/mol. The Bertz CT molecular complexity index is 460. The van der Waals surface area contributed by atoms with Gasteiger partial charge in [-0.25, -0.2) is 13.6 Å². The van der Waals surface area contributed by atoms with E-state index >= 15 is 0 Å². The van der Waals surface area contributed by atoms with Crippen LogP contribution in [0.5, 0.6) is 5.75 Å². The molecule has 1 aromatic rings. The highest BCUT2D eigenvalue weighted by molar-refractivity contribution is 5.75. The van der Waals surface area contributed by atoms with E-state index in [9.17, 15) is 22.4 Å². The number of aliphatic carboxylic acids is 1. The number of alkyl halides is 2. The Morgan fingerprint density at radius 2 is 1.94 bits per heavy atom.